The highest BCUT2D eigenvalue weighted by atomic mass is 32.2. The third kappa shape index (κ3) is 1.73. The van der Waals surface area contributed by atoms with Crippen molar-refractivity contribution in [2.75, 3.05) is 12.8 Å². The van der Waals surface area contributed by atoms with Crippen molar-refractivity contribution in [2.45, 2.75) is 20.8 Å². The molecule has 0 aromatic rings. The third-order valence-corrected chi connectivity index (χ3v) is 4.61. The van der Waals surface area contributed by atoms with E-state index in [1.54, 1.807) is 7.05 Å². The van der Waals surface area contributed by atoms with Crippen molar-refractivity contribution in [1.29, 1.82) is 0 Å². The van der Waals surface area contributed by atoms with Crippen LogP contribution in [-0.2, 0) is 14.5 Å². The van der Waals surface area contributed by atoms with Crippen molar-refractivity contribution in [1.82, 2.24) is 4.31 Å². The van der Waals surface area contributed by atoms with E-state index in [0.29, 0.717) is 5.75 Å². The first kappa shape index (κ1) is 10.6. The second-order valence-corrected chi connectivity index (χ2v) is 7.12. The summed E-state index contributed by atoms with van der Waals surface area (Å²) in [6.07, 6.45) is 0. The number of nitrogens with zero attached hydrogens (tertiary/aromatic N) is 1. The van der Waals surface area contributed by atoms with Gasteiger partial charge in [0.25, 0.3) is 0 Å². The van der Waals surface area contributed by atoms with E-state index < -0.39 is 9.71 Å². The Morgan fingerprint density at radius 1 is 1.54 bits per heavy atom. The SMILES string of the molecule is C=S1(=O)CC(C(C)(C)C)C(=O)N1C. The van der Waals surface area contributed by atoms with Gasteiger partial charge in [-0.3, -0.25) is 9.10 Å². The lowest BCUT2D eigenvalue weighted by atomic mass is 9.81. The lowest BCUT2D eigenvalue weighted by molar-refractivity contribution is -0.130. The normalized spacial score (nSPS) is 35.5. The molecule has 1 saturated heterocycles. The molecule has 1 rings (SSSR count). The van der Waals surface area contributed by atoms with E-state index in [1.807, 2.05) is 20.8 Å². The number of hydrogen-bond acceptors (Lipinski definition) is 2. The van der Waals surface area contributed by atoms with Crippen LogP contribution in [0.25, 0.3) is 0 Å². The van der Waals surface area contributed by atoms with Gasteiger partial charge in [-0.25, -0.2) is 4.21 Å². The molecule has 3 nitrogen and oxygen atoms in total. The smallest absolute Gasteiger partial charge is 0.238 e. The molecule has 0 aliphatic carbocycles. The van der Waals surface area contributed by atoms with E-state index in [0.717, 1.165) is 0 Å². The summed E-state index contributed by atoms with van der Waals surface area (Å²) in [5.74, 6) is 3.81. The van der Waals surface area contributed by atoms with Gasteiger partial charge >= 0.3 is 0 Å². The fourth-order valence-electron chi connectivity index (χ4n) is 1.45. The zero-order valence-electron chi connectivity index (χ0n) is 8.66. The Morgan fingerprint density at radius 3 is 2.15 bits per heavy atom. The van der Waals surface area contributed by atoms with Gasteiger partial charge < -0.3 is 0 Å². The molecule has 0 radical (unpaired) electrons. The van der Waals surface area contributed by atoms with Gasteiger partial charge in [-0.15, -0.1) is 0 Å². The minimum atomic E-state index is -2.32. The molecule has 76 valence electrons. The lowest BCUT2D eigenvalue weighted by Gasteiger charge is -2.23. The van der Waals surface area contributed by atoms with Gasteiger partial charge in [-0.05, 0) is 11.3 Å². The summed E-state index contributed by atoms with van der Waals surface area (Å²) in [6.45, 7) is 5.97. The molecule has 1 heterocycles. The fraction of sp³-hybridized carbons (Fsp3) is 0.778. The largest absolute Gasteiger partial charge is 0.274 e. The maximum Gasteiger partial charge on any atom is 0.238 e. The molecule has 1 fully saturated rings. The van der Waals surface area contributed by atoms with Crippen LogP contribution in [0.1, 0.15) is 20.8 Å². The second-order valence-electron chi connectivity index (χ2n) is 4.69. The van der Waals surface area contributed by atoms with E-state index in [9.17, 15) is 9.00 Å². The fourth-order valence-corrected chi connectivity index (χ4v) is 3.29. The van der Waals surface area contributed by atoms with Crippen LogP contribution in [0.15, 0.2) is 0 Å². The van der Waals surface area contributed by atoms with Gasteiger partial charge in [-0.2, -0.15) is 0 Å². The van der Waals surface area contributed by atoms with Gasteiger partial charge in [0, 0.05) is 12.8 Å². The molecule has 0 aromatic heterocycles. The van der Waals surface area contributed by atoms with Crippen LogP contribution in [0.2, 0.25) is 0 Å². The summed E-state index contributed by atoms with van der Waals surface area (Å²) >= 11 is 0. The standard InChI is InChI=1S/C9H17NO2S/c1-9(2,3)7-6-13(5,12)10(4)8(7)11/h7H,5-6H2,1-4H3. The minimum absolute atomic E-state index is 0.0347. The zero-order valence-corrected chi connectivity index (χ0v) is 9.48. The number of carbonyl (C=O) groups excluding carboxylic acids is 1. The Bertz CT molecular complexity index is 324. The predicted molar refractivity (Wildman–Crippen MR) is 55.8 cm³/mol. The summed E-state index contributed by atoms with van der Waals surface area (Å²) in [4.78, 5) is 11.7. The molecule has 0 N–H and O–H groups in total. The first-order valence-electron chi connectivity index (χ1n) is 4.29. The van der Waals surface area contributed by atoms with Gasteiger partial charge in [-0.1, -0.05) is 20.8 Å². The van der Waals surface area contributed by atoms with Crippen LogP contribution in [0.3, 0.4) is 0 Å². The monoisotopic (exact) mass is 203 g/mol. The molecule has 4 heteroatoms. The van der Waals surface area contributed by atoms with Crippen molar-refractivity contribution < 1.29 is 9.00 Å². The van der Waals surface area contributed by atoms with Crippen LogP contribution in [-0.4, -0.2) is 33.1 Å². The highest BCUT2D eigenvalue weighted by molar-refractivity contribution is 7.99. The minimum Gasteiger partial charge on any atom is -0.274 e. The lowest BCUT2D eigenvalue weighted by Crippen LogP contribution is -2.31. The molecule has 2 atom stereocenters. The molecule has 13 heavy (non-hydrogen) atoms. The third-order valence-electron chi connectivity index (χ3n) is 2.58. The van der Waals surface area contributed by atoms with Gasteiger partial charge in [0.1, 0.15) is 0 Å². The van der Waals surface area contributed by atoms with Crippen LogP contribution in [0.4, 0.5) is 0 Å². The van der Waals surface area contributed by atoms with Crippen molar-refractivity contribution in [3.63, 3.8) is 0 Å². The van der Waals surface area contributed by atoms with Crippen LogP contribution < -0.4 is 0 Å². The molecule has 1 aliphatic heterocycles. The summed E-state index contributed by atoms with van der Waals surface area (Å²) in [5, 5.41) is 0. The highest BCUT2D eigenvalue weighted by Gasteiger charge is 2.43. The first-order valence-corrected chi connectivity index (χ1v) is 6.14. The van der Waals surface area contributed by atoms with E-state index in [-0.39, 0.29) is 17.2 Å². The number of amides is 1. The highest BCUT2D eigenvalue weighted by Crippen LogP contribution is 2.34. The first-order chi connectivity index (χ1) is 5.66. The van der Waals surface area contributed by atoms with Gasteiger partial charge in [0.05, 0.1) is 15.6 Å². The molecule has 0 spiro atoms. The Kier molecular flexibility index (Phi) is 2.23. The number of hydrogen-bond donors (Lipinski definition) is 0. The summed E-state index contributed by atoms with van der Waals surface area (Å²) in [6, 6.07) is 0. The Labute approximate surface area is 80.3 Å². The maximum atomic E-state index is 11.8. The second kappa shape index (κ2) is 2.74. The summed E-state index contributed by atoms with van der Waals surface area (Å²) in [7, 11) is -0.750. The average molecular weight is 203 g/mol. The van der Waals surface area contributed by atoms with Gasteiger partial charge in [0.2, 0.25) is 5.91 Å². The predicted octanol–water partition coefficient (Wildman–Crippen LogP) is 0.752. The van der Waals surface area contributed by atoms with Crippen LogP contribution in [0.5, 0.6) is 0 Å². The van der Waals surface area contributed by atoms with E-state index in [2.05, 4.69) is 5.87 Å². The summed E-state index contributed by atoms with van der Waals surface area (Å²) < 4.78 is 13.1. The summed E-state index contributed by atoms with van der Waals surface area (Å²) in [5.41, 5.74) is -0.123. The molecule has 1 aliphatic rings. The van der Waals surface area contributed by atoms with E-state index in [1.165, 1.54) is 4.31 Å². The molecule has 2 unspecified atom stereocenters. The quantitative estimate of drug-likeness (QED) is 0.545. The van der Waals surface area contributed by atoms with Crippen LogP contribution >= 0.6 is 0 Å². The average Bonchev–Trinajstić information content (AvgIpc) is 2.12. The molecular formula is C9H17NO2S. The Balaban J connectivity index is 3.05. The van der Waals surface area contributed by atoms with Crippen molar-refractivity contribution in [3.05, 3.63) is 0 Å². The molecule has 1 amide bonds. The molecule has 0 saturated carbocycles. The van der Waals surface area contributed by atoms with Gasteiger partial charge in [0.15, 0.2) is 0 Å². The Hall–Kier alpha value is -0.510. The zero-order chi connectivity index (χ0) is 10.4. The van der Waals surface area contributed by atoms with Crippen molar-refractivity contribution in [3.8, 4) is 0 Å². The molecule has 0 aromatic carbocycles. The van der Waals surface area contributed by atoms with E-state index >= 15 is 0 Å². The Morgan fingerprint density at radius 2 is 2.00 bits per heavy atom. The maximum absolute atomic E-state index is 11.8. The topological polar surface area (TPSA) is 37.4 Å². The number of rotatable bonds is 0. The van der Waals surface area contributed by atoms with Crippen molar-refractivity contribution in [2.24, 2.45) is 11.3 Å². The van der Waals surface area contributed by atoms with E-state index in [4.69, 9.17) is 0 Å². The molecule has 0 bridgehead atoms. The number of carbonyl (C=O) groups is 1. The van der Waals surface area contributed by atoms with Crippen LogP contribution in [0, 0.1) is 11.3 Å². The molecular weight excluding hydrogens is 186 g/mol. The van der Waals surface area contributed by atoms with Crippen molar-refractivity contribution >= 4 is 21.5 Å².